The van der Waals surface area contributed by atoms with Crippen LogP contribution < -0.4 is 29.6 Å². The smallest absolute Gasteiger partial charge is 1.00 e. The van der Waals surface area contributed by atoms with E-state index in [-0.39, 0.29) is 49.8 Å². The Kier molecular flexibility index (Phi) is 20.7. The molecule has 1 rings (SSSR count). The van der Waals surface area contributed by atoms with E-state index in [4.69, 9.17) is 5.11 Å². The van der Waals surface area contributed by atoms with E-state index in [1.807, 2.05) is 18.2 Å². The molecule has 0 saturated carbocycles. The number of halogens is 1. The maximum Gasteiger partial charge on any atom is 1.00 e. The fourth-order valence-corrected chi connectivity index (χ4v) is 0.313. The third-order valence-corrected chi connectivity index (χ3v) is 0.869. The van der Waals surface area contributed by atoms with Crippen molar-refractivity contribution in [3.05, 3.63) is 30.6 Å². The van der Waals surface area contributed by atoms with Gasteiger partial charge in [0.1, 0.15) is 0 Å². The minimum absolute atomic E-state index is 0. The van der Waals surface area contributed by atoms with E-state index in [2.05, 4.69) is 4.98 Å². The minimum atomic E-state index is -0.745. The third kappa shape index (κ3) is 18.7. The molecule has 1 aromatic rings. The largest absolute Gasteiger partial charge is 1.00 e. The summed E-state index contributed by atoms with van der Waals surface area (Å²) in [6, 6.07) is 5.72. The molecule has 1 N–H and O–H groups in total. The standard InChI is InChI=1S/C5H5N.C3H6O2.ClH.Na.H/c1-2-4-6-5-3-1;1-2-3(4)5;;;/h1-5H;2H2,1H3,(H,4,5);1H;;/q;;;+1;-1. The number of aliphatic carboxylic acids is 1. The van der Waals surface area contributed by atoms with Crippen molar-refractivity contribution in [2.75, 3.05) is 0 Å². The number of carboxylic acid groups (broad SMARTS) is 1. The van der Waals surface area contributed by atoms with Gasteiger partial charge in [0.05, 0.1) is 0 Å². The zero-order valence-corrected chi connectivity index (χ0v) is 10.6. The van der Waals surface area contributed by atoms with E-state index in [0.717, 1.165) is 0 Å². The quantitative estimate of drug-likeness (QED) is 0.616. The van der Waals surface area contributed by atoms with Crippen LogP contribution in [0.25, 0.3) is 0 Å². The van der Waals surface area contributed by atoms with Crippen molar-refractivity contribution in [1.29, 1.82) is 0 Å². The van der Waals surface area contributed by atoms with Gasteiger partial charge in [-0.3, -0.25) is 9.78 Å². The zero-order valence-electron chi connectivity index (χ0n) is 8.80. The fraction of sp³-hybridized carbons (Fsp3) is 0.250. The van der Waals surface area contributed by atoms with Gasteiger partial charge in [0.2, 0.25) is 0 Å². The number of nitrogens with zero attached hydrogens (tertiary/aromatic N) is 1. The number of aromatic nitrogens is 1. The summed E-state index contributed by atoms with van der Waals surface area (Å²) in [6.07, 6.45) is 3.72. The van der Waals surface area contributed by atoms with Gasteiger partial charge in [-0.2, -0.15) is 0 Å². The van der Waals surface area contributed by atoms with Gasteiger partial charge in [-0.25, -0.2) is 0 Å². The fourth-order valence-electron chi connectivity index (χ4n) is 0.313. The van der Waals surface area contributed by atoms with E-state index in [0.29, 0.717) is 0 Å². The number of carbonyl (C=O) groups is 1. The molecule has 0 amide bonds. The molecular weight excluding hydrogens is 201 g/mol. The topological polar surface area (TPSA) is 50.2 Å². The summed E-state index contributed by atoms with van der Waals surface area (Å²) in [6.45, 7) is 1.60. The molecule has 0 aliphatic heterocycles. The Morgan fingerprint density at radius 2 is 1.77 bits per heavy atom. The summed E-state index contributed by atoms with van der Waals surface area (Å²) >= 11 is 0. The summed E-state index contributed by atoms with van der Waals surface area (Å²) in [4.78, 5) is 13.2. The molecule has 0 radical (unpaired) electrons. The van der Waals surface area contributed by atoms with E-state index in [9.17, 15) is 4.79 Å². The number of rotatable bonds is 1. The van der Waals surface area contributed by atoms with E-state index < -0.39 is 5.97 Å². The molecule has 0 fully saturated rings. The maximum absolute atomic E-state index is 9.37. The van der Waals surface area contributed by atoms with E-state index in [1.165, 1.54) is 0 Å². The molecule has 0 aromatic carbocycles. The Morgan fingerprint density at radius 3 is 1.85 bits per heavy atom. The third-order valence-electron chi connectivity index (χ3n) is 0.869. The number of hydrogen-bond donors (Lipinski definition) is 1. The zero-order chi connectivity index (χ0) is 8.53. The van der Waals surface area contributed by atoms with Crippen molar-refractivity contribution < 1.29 is 40.9 Å². The van der Waals surface area contributed by atoms with Crippen molar-refractivity contribution in [3.8, 4) is 0 Å². The van der Waals surface area contributed by atoms with E-state index in [1.54, 1.807) is 19.3 Å². The predicted octanol–water partition coefficient (Wildman–Crippen LogP) is -0.899. The second-order valence-corrected chi connectivity index (χ2v) is 1.77. The molecule has 13 heavy (non-hydrogen) atoms. The molecule has 0 bridgehead atoms. The molecule has 3 nitrogen and oxygen atoms in total. The summed E-state index contributed by atoms with van der Waals surface area (Å²) in [7, 11) is 0. The second kappa shape index (κ2) is 14.4. The van der Waals surface area contributed by atoms with Crippen LogP contribution >= 0.6 is 12.4 Å². The van der Waals surface area contributed by atoms with Crippen molar-refractivity contribution in [1.82, 2.24) is 4.98 Å². The molecule has 0 saturated heterocycles. The van der Waals surface area contributed by atoms with Gasteiger partial charge in [-0.05, 0) is 12.1 Å². The maximum atomic E-state index is 9.37. The van der Waals surface area contributed by atoms with Crippen LogP contribution in [-0.2, 0) is 4.79 Å². The molecular formula is C8H13ClNNaO2. The van der Waals surface area contributed by atoms with Crippen LogP contribution in [0.4, 0.5) is 0 Å². The normalized spacial score (nSPS) is 6.54. The van der Waals surface area contributed by atoms with Crippen LogP contribution in [0, 0.1) is 0 Å². The van der Waals surface area contributed by atoms with Crippen molar-refractivity contribution >= 4 is 18.4 Å². The average Bonchev–Trinajstić information content (AvgIpc) is 2.09. The Labute approximate surface area is 108 Å². The molecule has 5 heteroatoms. The van der Waals surface area contributed by atoms with Crippen LogP contribution in [-0.4, -0.2) is 16.1 Å². The molecule has 0 aliphatic carbocycles. The first kappa shape index (κ1) is 18.6. The van der Waals surface area contributed by atoms with Crippen LogP contribution in [0.1, 0.15) is 14.8 Å². The van der Waals surface area contributed by atoms with Gasteiger partial charge in [0.15, 0.2) is 0 Å². The first-order chi connectivity index (χ1) is 5.27. The van der Waals surface area contributed by atoms with Gasteiger partial charge in [0, 0.05) is 18.8 Å². The van der Waals surface area contributed by atoms with Crippen molar-refractivity contribution in [3.63, 3.8) is 0 Å². The van der Waals surface area contributed by atoms with Crippen LogP contribution in [0.2, 0.25) is 0 Å². The van der Waals surface area contributed by atoms with Gasteiger partial charge in [-0.15, -0.1) is 12.4 Å². The summed E-state index contributed by atoms with van der Waals surface area (Å²) in [5.74, 6) is -0.745. The van der Waals surface area contributed by atoms with Crippen molar-refractivity contribution in [2.45, 2.75) is 13.3 Å². The predicted molar refractivity (Wildman–Crippen MR) is 50.5 cm³/mol. The molecule has 70 valence electrons. The molecule has 0 atom stereocenters. The van der Waals surface area contributed by atoms with Crippen molar-refractivity contribution in [2.24, 2.45) is 0 Å². The monoisotopic (exact) mass is 213 g/mol. The number of carboxylic acids is 1. The Hall–Kier alpha value is -0.0900. The number of hydrogen-bond acceptors (Lipinski definition) is 2. The number of pyridine rings is 1. The molecule has 0 spiro atoms. The van der Waals surface area contributed by atoms with Gasteiger partial charge < -0.3 is 6.53 Å². The van der Waals surface area contributed by atoms with E-state index >= 15 is 0 Å². The Bertz CT molecular complexity index is 175. The molecule has 1 aromatic heterocycles. The minimum Gasteiger partial charge on any atom is -1.00 e. The Balaban J connectivity index is -0.0000000597. The summed E-state index contributed by atoms with van der Waals surface area (Å²) < 4.78 is 0. The molecule has 0 aliphatic rings. The first-order valence-corrected chi connectivity index (χ1v) is 3.34. The summed E-state index contributed by atoms with van der Waals surface area (Å²) in [5.41, 5.74) is 0. The van der Waals surface area contributed by atoms with Crippen LogP contribution in [0.5, 0.6) is 0 Å². The van der Waals surface area contributed by atoms with Gasteiger partial charge in [0.25, 0.3) is 0 Å². The van der Waals surface area contributed by atoms with Crippen LogP contribution in [0.3, 0.4) is 0 Å². The molecule has 0 unspecified atom stereocenters. The van der Waals surface area contributed by atoms with Gasteiger partial charge >= 0.3 is 35.5 Å². The summed E-state index contributed by atoms with van der Waals surface area (Å²) in [5, 5.41) is 7.72. The Morgan fingerprint density at radius 1 is 1.38 bits per heavy atom. The SMILES string of the molecule is CCC(=O)O.Cl.[H-].[Na+].c1ccncc1. The van der Waals surface area contributed by atoms with Gasteiger partial charge in [-0.1, -0.05) is 13.0 Å². The second-order valence-electron chi connectivity index (χ2n) is 1.77. The van der Waals surface area contributed by atoms with Crippen LogP contribution in [0.15, 0.2) is 30.6 Å². The average molecular weight is 214 g/mol. The first-order valence-electron chi connectivity index (χ1n) is 3.34. The molecule has 1 heterocycles.